The van der Waals surface area contributed by atoms with Crippen LogP contribution in [-0.4, -0.2) is 38.0 Å². The molecule has 0 fully saturated rings. The Hall–Kier alpha value is -1.22. The predicted octanol–water partition coefficient (Wildman–Crippen LogP) is -0.868. The Labute approximate surface area is 86.0 Å². The van der Waals surface area contributed by atoms with Crippen molar-refractivity contribution < 1.29 is 26.7 Å². The summed E-state index contributed by atoms with van der Waals surface area (Å²) in [6.07, 6.45) is 0.528. The average molecular weight is 253 g/mol. The molecule has 1 aliphatic heterocycles. The Balaban J connectivity index is 3.34. The molecule has 9 heteroatoms. The Morgan fingerprint density at radius 1 is 1.53 bits per heavy atom. The summed E-state index contributed by atoms with van der Waals surface area (Å²) in [7, 11) is -8.50. The van der Waals surface area contributed by atoms with Crippen LogP contribution in [0.5, 0.6) is 0 Å². The Morgan fingerprint density at radius 2 is 2.07 bits per heavy atom. The normalized spacial score (nSPS) is 19.5. The minimum absolute atomic E-state index is 0.453. The van der Waals surface area contributed by atoms with Gasteiger partial charge in [-0.3, -0.25) is 0 Å². The Morgan fingerprint density at radius 3 is 2.40 bits per heavy atom. The molecule has 1 heterocycles. The zero-order valence-electron chi connectivity index (χ0n) is 7.54. The van der Waals surface area contributed by atoms with Crippen molar-refractivity contribution in [2.75, 3.05) is 5.75 Å². The summed E-state index contributed by atoms with van der Waals surface area (Å²) in [5.74, 6) is -2.17. The minimum atomic E-state index is -4.47. The van der Waals surface area contributed by atoms with Gasteiger partial charge in [0.25, 0.3) is 4.38 Å². The number of hydrogen-bond donors (Lipinski definition) is 1. The third kappa shape index (κ3) is 1.79. The van der Waals surface area contributed by atoms with Crippen molar-refractivity contribution in [2.45, 2.75) is 6.92 Å². The molecule has 0 bridgehead atoms. The zero-order chi connectivity index (χ0) is 11.9. The highest BCUT2D eigenvalue weighted by Gasteiger charge is 2.41. The summed E-state index contributed by atoms with van der Waals surface area (Å²) in [5, 5.41) is 8.49. The van der Waals surface area contributed by atoms with Crippen LogP contribution in [0.1, 0.15) is 6.92 Å². The van der Waals surface area contributed by atoms with Crippen molar-refractivity contribution >= 4 is 30.0 Å². The molecule has 0 atom stereocenters. The first-order chi connectivity index (χ1) is 6.73. The van der Waals surface area contributed by atoms with Crippen LogP contribution in [-0.2, 0) is 24.5 Å². The van der Waals surface area contributed by atoms with Gasteiger partial charge < -0.3 is 5.11 Å². The molecule has 1 aliphatic rings. The zero-order valence-corrected chi connectivity index (χ0v) is 9.17. The van der Waals surface area contributed by atoms with Crippen LogP contribution < -0.4 is 0 Å². The highest BCUT2D eigenvalue weighted by Crippen LogP contribution is 2.20. The number of rotatable bonds is 2. The monoisotopic (exact) mass is 253 g/mol. The van der Waals surface area contributed by atoms with Gasteiger partial charge in [-0.1, -0.05) is 6.92 Å². The highest BCUT2D eigenvalue weighted by atomic mass is 32.3. The summed E-state index contributed by atoms with van der Waals surface area (Å²) in [5.41, 5.74) is 0. The molecule has 7 nitrogen and oxygen atoms in total. The maximum absolute atomic E-state index is 11.4. The number of nitrogens with zero attached hydrogens (tertiary/aromatic N) is 1. The Kier molecular flexibility index (Phi) is 2.70. The molecule has 0 unspecified atom stereocenters. The molecule has 1 rings (SSSR count). The van der Waals surface area contributed by atoms with Crippen molar-refractivity contribution in [1.29, 1.82) is 0 Å². The van der Waals surface area contributed by atoms with Gasteiger partial charge >= 0.3 is 5.97 Å². The number of carboxylic acid groups (broad SMARTS) is 1. The lowest BCUT2D eigenvalue weighted by Gasteiger charge is -2.01. The third-order valence-corrected chi connectivity index (χ3v) is 5.91. The van der Waals surface area contributed by atoms with Gasteiger partial charge in [-0.15, -0.1) is 0 Å². The summed E-state index contributed by atoms with van der Waals surface area (Å²) in [6, 6.07) is 0. The van der Waals surface area contributed by atoms with E-state index >= 15 is 0 Å². The van der Waals surface area contributed by atoms with E-state index in [4.69, 9.17) is 5.11 Å². The maximum Gasteiger partial charge on any atom is 0.349 e. The number of aliphatic carboxylic acids is 1. The fraction of sp³-hybridized carbons (Fsp3) is 0.333. The first kappa shape index (κ1) is 11.9. The second kappa shape index (κ2) is 3.42. The SMILES string of the molecule is CCS(=O)(=O)C1=NC=C(C(=O)O)S1(=O)=O. The van der Waals surface area contributed by atoms with Crippen LogP contribution in [0.4, 0.5) is 0 Å². The van der Waals surface area contributed by atoms with Crippen LogP contribution in [0.15, 0.2) is 16.1 Å². The topological polar surface area (TPSA) is 118 Å². The molecule has 15 heavy (non-hydrogen) atoms. The van der Waals surface area contributed by atoms with E-state index in [0.717, 1.165) is 0 Å². The maximum atomic E-state index is 11.4. The van der Waals surface area contributed by atoms with Crippen LogP contribution >= 0.6 is 0 Å². The first-order valence-corrected chi connectivity index (χ1v) is 6.86. The largest absolute Gasteiger partial charge is 0.477 e. The number of sulfone groups is 2. The highest BCUT2D eigenvalue weighted by molar-refractivity contribution is 8.33. The van der Waals surface area contributed by atoms with Gasteiger partial charge in [0.05, 0.1) is 12.0 Å². The van der Waals surface area contributed by atoms with Crippen molar-refractivity contribution in [3.05, 3.63) is 11.1 Å². The lowest BCUT2D eigenvalue weighted by molar-refractivity contribution is -0.131. The number of carbonyl (C=O) groups is 1. The van der Waals surface area contributed by atoms with Gasteiger partial charge in [-0.2, -0.15) is 0 Å². The van der Waals surface area contributed by atoms with E-state index in [9.17, 15) is 21.6 Å². The van der Waals surface area contributed by atoms with Gasteiger partial charge in [0.15, 0.2) is 4.91 Å². The van der Waals surface area contributed by atoms with E-state index in [2.05, 4.69) is 4.99 Å². The molecule has 1 N–H and O–H groups in total. The van der Waals surface area contributed by atoms with Gasteiger partial charge in [-0.05, 0) is 0 Å². The van der Waals surface area contributed by atoms with E-state index < -0.39 is 40.7 Å². The standard InChI is InChI=1S/C6H7NO6S2/c1-2-14(10,11)6-7-3-4(5(8)9)15(6,12)13/h3H,2H2,1H3,(H,8,9). The fourth-order valence-corrected chi connectivity index (χ4v) is 4.11. The quantitative estimate of drug-likeness (QED) is 0.683. The average Bonchev–Trinajstić information content (AvgIpc) is 2.41. The van der Waals surface area contributed by atoms with E-state index in [0.29, 0.717) is 6.20 Å². The van der Waals surface area contributed by atoms with Crippen molar-refractivity contribution in [1.82, 2.24) is 0 Å². The lowest BCUT2D eigenvalue weighted by atomic mass is 10.6. The van der Waals surface area contributed by atoms with Crippen LogP contribution in [0.2, 0.25) is 0 Å². The molecule has 84 valence electrons. The smallest absolute Gasteiger partial charge is 0.349 e. The van der Waals surface area contributed by atoms with Crippen LogP contribution in [0, 0.1) is 0 Å². The number of aliphatic imine (C=N–C) groups is 1. The summed E-state index contributed by atoms with van der Waals surface area (Å²) in [6.45, 7) is 1.24. The van der Waals surface area contributed by atoms with Crippen molar-refractivity contribution in [3.63, 3.8) is 0 Å². The second-order valence-electron chi connectivity index (χ2n) is 2.60. The molecule has 0 aromatic carbocycles. The van der Waals surface area contributed by atoms with Crippen molar-refractivity contribution in [2.24, 2.45) is 4.99 Å². The lowest BCUT2D eigenvalue weighted by Crippen LogP contribution is -2.26. The minimum Gasteiger partial charge on any atom is -0.477 e. The van der Waals surface area contributed by atoms with E-state index in [1.54, 1.807) is 0 Å². The third-order valence-electron chi connectivity index (χ3n) is 1.66. The van der Waals surface area contributed by atoms with Gasteiger partial charge in [0, 0.05) is 0 Å². The molecule has 0 aromatic heterocycles. The molecular weight excluding hydrogens is 246 g/mol. The van der Waals surface area contributed by atoms with E-state index in [1.807, 2.05) is 0 Å². The second-order valence-corrected chi connectivity index (χ2v) is 6.89. The van der Waals surface area contributed by atoms with Crippen molar-refractivity contribution in [3.8, 4) is 0 Å². The molecule has 0 aromatic rings. The molecule has 0 radical (unpaired) electrons. The predicted molar refractivity (Wildman–Crippen MR) is 51.5 cm³/mol. The van der Waals surface area contributed by atoms with Gasteiger partial charge in [-0.25, -0.2) is 26.6 Å². The van der Waals surface area contributed by atoms with Crippen LogP contribution in [0.3, 0.4) is 0 Å². The van der Waals surface area contributed by atoms with Crippen LogP contribution in [0.25, 0.3) is 0 Å². The number of hydrogen-bond acceptors (Lipinski definition) is 6. The van der Waals surface area contributed by atoms with E-state index in [1.165, 1.54) is 6.92 Å². The molecule has 0 aliphatic carbocycles. The molecule has 0 amide bonds. The summed E-state index contributed by atoms with van der Waals surface area (Å²) in [4.78, 5) is 12.6. The van der Waals surface area contributed by atoms with Gasteiger partial charge in [0.2, 0.25) is 19.7 Å². The van der Waals surface area contributed by atoms with E-state index in [-0.39, 0.29) is 0 Å². The summed E-state index contributed by atoms with van der Waals surface area (Å²) >= 11 is 0. The Bertz CT molecular complexity index is 565. The number of carboxylic acids is 1. The molecule has 0 saturated carbocycles. The fourth-order valence-electron chi connectivity index (χ4n) is 0.885. The molecule has 0 spiro atoms. The van der Waals surface area contributed by atoms with Gasteiger partial charge in [0.1, 0.15) is 0 Å². The molecule has 0 saturated heterocycles. The summed E-state index contributed by atoms with van der Waals surface area (Å²) < 4.78 is 44.2. The first-order valence-electron chi connectivity index (χ1n) is 3.72. The molecular formula is C6H7NO6S2.